The molecule has 0 bridgehead atoms. The first-order valence-corrected chi connectivity index (χ1v) is 10.9. The van der Waals surface area contributed by atoms with Crippen molar-refractivity contribution in [2.75, 3.05) is 6.54 Å². The van der Waals surface area contributed by atoms with E-state index in [1.165, 1.54) is 5.56 Å². The van der Waals surface area contributed by atoms with Crippen LogP contribution < -0.4 is 10.6 Å². The monoisotopic (exact) mass is 461 g/mol. The van der Waals surface area contributed by atoms with Gasteiger partial charge in [-0.3, -0.25) is 14.5 Å². The van der Waals surface area contributed by atoms with Gasteiger partial charge in [-0.15, -0.1) is 0 Å². The fourth-order valence-electron chi connectivity index (χ4n) is 3.63. The van der Waals surface area contributed by atoms with Crippen LogP contribution in [0.2, 0.25) is 10.0 Å². The van der Waals surface area contributed by atoms with Crippen molar-refractivity contribution in [1.29, 1.82) is 0 Å². The summed E-state index contributed by atoms with van der Waals surface area (Å²) < 4.78 is 0. The zero-order chi connectivity index (χ0) is 22.8. The van der Waals surface area contributed by atoms with E-state index in [0.29, 0.717) is 15.6 Å². The molecule has 0 aliphatic carbocycles. The summed E-state index contributed by atoms with van der Waals surface area (Å²) >= 11 is 12.0. The molecule has 3 rings (SSSR count). The lowest BCUT2D eigenvalue weighted by molar-refractivity contribution is -0.135. The smallest absolute Gasteiger partial charge is 0.325 e. The van der Waals surface area contributed by atoms with Crippen LogP contribution in [-0.2, 0) is 21.5 Å². The number of amides is 4. The molecule has 2 unspecified atom stereocenters. The van der Waals surface area contributed by atoms with Gasteiger partial charge in [0.1, 0.15) is 12.1 Å². The lowest BCUT2D eigenvalue weighted by Crippen LogP contribution is -2.43. The molecule has 1 aliphatic heterocycles. The van der Waals surface area contributed by atoms with Gasteiger partial charge in [0.05, 0.1) is 16.1 Å². The molecule has 164 valence electrons. The number of urea groups is 1. The third-order valence-corrected chi connectivity index (χ3v) is 6.21. The first kappa shape index (κ1) is 23.1. The average molecular weight is 462 g/mol. The third-order valence-electron chi connectivity index (χ3n) is 5.47. The molecule has 2 aromatic rings. The van der Waals surface area contributed by atoms with Gasteiger partial charge in [-0.1, -0.05) is 66.9 Å². The Kier molecular flexibility index (Phi) is 6.92. The quantitative estimate of drug-likeness (QED) is 0.591. The summed E-state index contributed by atoms with van der Waals surface area (Å²) in [4.78, 5) is 39.0. The van der Waals surface area contributed by atoms with Crippen LogP contribution >= 0.6 is 23.2 Å². The van der Waals surface area contributed by atoms with Gasteiger partial charge in [-0.2, -0.15) is 0 Å². The summed E-state index contributed by atoms with van der Waals surface area (Å²) in [6, 6.07) is 11.7. The molecule has 6 nitrogen and oxygen atoms in total. The highest BCUT2D eigenvalue weighted by atomic mass is 35.5. The molecule has 1 saturated heterocycles. The summed E-state index contributed by atoms with van der Waals surface area (Å²) in [5.74, 6) is -0.914. The molecule has 0 aromatic heterocycles. The van der Waals surface area contributed by atoms with Gasteiger partial charge in [-0.25, -0.2) is 4.79 Å². The first-order valence-electron chi connectivity index (χ1n) is 10.1. The molecular formula is C23H25Cl2N3O3. The maximum atomic E-state index is 13.1. The average Bonchev–Trinajstić information content (AvgIpc) is 2.94. The maximum absolute atomic E-state index is 13.1. The van der Waals surface area contributed by atoms with Crippen LogP contribution in [0.25, 0.3) is 0 Å². The van der Waals surface area contributed by atoms with E-state index < -0.39 is 23.4 Å². The minimum Gasteiger partial charge on any atom is -0.348 e. The first-order chi connectivity index (χ1) is 14.7. The van der Waals surface area contributed by atoms with Crippen LogP contribution in [-0.4, -0.2) is 29.3 Å². The third kappa shape index (κ3) is 4.86. The standard InChI is InChI=1S/C23H25Cl2N3O3/c1-4-5-15-6-9-17(10-7-15)23(3)21(30)28(22(31)27-23)13-20(29)26-14(2)16-8-11-18(24)19(25)12-16/h6-12,14H,4-5,13H2,1-3H3,(H,26,29)(H,27,31). The van der Waals surface area contributed by atoms with Gasteiger partial charge in [0.15, 0.2) is 0 Å². The Balaban J connectivity index is 1.68. The van der Waals surface area contributed by atoms with Gasteiger partial charge < -0.3 is 10.6 Å². The number of benzene rings is 2. The van der Waals surface area contributed by atoms with Gasteiger partial charge in [0.2, 0.25) is 5.91 Å². The molecule has 1 heterocycles. The maximum Gasteiger partial charge on any atom is 0.325 e. The number of carbonyl (C=O) groups is 3. The van der Waals surface area contributed by atoms with Crippen molar-refractivity contribution in [3.63, 3.8) is 0 Å². The van der Waals surface area contributed by atoms with Crippen LogP contribution in [0.1, 0.15) is 49.9 Å². The van der Waals surface area contributed by atoms with E-state index in [4.69, 9.17) is 23.2 Å². The SMILES string of the molecule is CCCc1ccc(C2(C)NC(=O)N(CC(=O)NC(C)c3ccc(Cl)c(Cl)c3)C2=O)cc1. The highest BCUT2D eigenvalue weighted by Crippen LogP contribution is 2.29. The Morgan fingerprint density at radius 1 is 1.13 bits per heavy atom. The number of nitrogens with one attached hydrogen (secondary N) is 2. The van der Waals surface area contributed by atoms with Crippen LogP contribution in [0.4, 0.5) is 4.79 Å². The van der Waals surface area contributed by atoms with E-state index >= 15 is 0 Å². The minimum absolute atomic E-state index is 0.375. The van der Waals surface area contributed by atoms with Crippen LogP contribution in [0, 0.1) is 0 Å². The molecule has 4 amide bonds. The van der Waals surface area contributed by atoms with Gasteiger partial charge in [0.25, 0.3) is 5.91 Å². The van der Waals surface area contributed by atoms with E-state index in [1.54, 1.807) is 32.0 Å². The van der Waals surface area contributed by atoms with Gasteiger partial charge in [-0.05, 0) is 49.1 Å². The van der Waals surface area contributed by atoms with E-state index in [-0.39, 0.29) is 12.6 Å². The van der Waals surface area contributed by atoms with E-state index in [2.05, 4.69) is 17.6 Å². The molecule has 1 aliphatic rings. The second-order valence-electron chi connectivity index (χ2n) is 7.86. The molecule has 2 aromatic carbocycles. The van der Waals surface area contributed by atoms with Crippen LogP contribution in [0.5, 0.6) is 0 Å². The zero-order valence-corrected chi connectivity index (χ0v) is 19.2. The van der Waals surface area contributed by atoms with Crippen molar-refractivity contribution < 1.29 is 14.4 Å². The van der Waals surface area contributed by atoms with Crippen molar-refractivity contribution in [3.05, 3.63) is 69.2 Å². The predicted molar refractivity (Wildman–Crippen MR) is 121 cm³/mol. The molecule has 2 N–H and O–H groups in total. The Bertz CT molecular complexity index is 1010. The number of halogens is 2. The molecule has 0 saturated carbocycles. The predicted octanol–water partition coefficient (Wildman–Crippen LogP) is 4.59. The molecule has 2 atom stereocenters. The normalized spacial score (nSPS) is 19.3. The van der Waals surface area contributed by atoms with Crippen LogP contribution in [0.15, 0.2) is 42.5 Å². The van der Waals surface area contributed by atoms with E-state index in [1.807, 2.05) is 24.3 Å². The number of hydrogen-bond acceptors (Lipinski definition) is 3. The fraction of sp³-hybridized carbons (Fsp3) is 0.348. The summed E-state index contributed by atoms with van der Waals surface area (Å²) in [6.45, 7) is 5.16. The van der Waals surface area contributed by atoms with Crippen molar-refractivity contribution in [1.82, 2.24) is 15.5 Å². The van der Waals surface area contributed by atoms with Crippen molar-refractivity contribution >= 4 is 41.0 Å². The second kappa shape index (κ2) is 9.28. The Morgan fingerprint density at radius 2 is 1.81 bits per heavy atom. The molecule has 31 heavy (non-hydrogen) atoms. The number of imide groups is 1. The van der Waals surface area contributed by atoms with Crippen molar-refractivity contribution in [2.45, 2.75) is 45.2 Å². The lowest BCUT2D eigenvalue weighted by Gasteiger charge is -2.23. The van der Waals surface area contributed by atoms with Crippen molar-refractivity contribution in [3.8, 4) is 0 Å². The highest BCUT2D eigenvalue weighted by molar-refractivity contribution is 6.42. The summed E-state index contributed by atoms with van der Waals surface area (Å²) in [5, 5.41) is 6.32. The summed E-state index contributed by atoms with van der Waals surface area (Å²) in [7, 11) is 0. The summed E-state index contributed by atoms with van der Waals surface area (Å²) in [6.07, 6.45) is 1.97. The number of carbonyl (C=O) groups excluding carboxylic acids is 3. The number of nitrogens with zero attached hydrogens (tertiary/aromatic N) is 1. The fourth-order valence-corrected chi connectivity index (χ4v) is 3.93. The molecule has 0 spiro atoms. The largest absolute Gasteiger partial charge is 0.348 e. The second-order valence-corrected chi connectivity index (χ2v) is 8.67. The highest BCUT2D eigenvalue weighted by Gasteiger charge is 2.49. The van der Waals surface area contributed by atoms with Gasteiger partial charge >= 0.3 is 6.03 Å². The minimum atomic E-state index is -1.21. The zero-order valence-electron chi connectivity index (χ0n) is 17.7. The Hall–Kier alpha value is -2.57. The number of hydrogen-bond donors (Lipinski definition) is 2. The summed E-state index contributed by atoms with van der Waals surface area (Å²) in [5.41, 5.74) is 1.39. The Labute approximate surface area is 191 Å². The number of rotatable bonds is 7. The van der Waals surface area contributed by atoms with Crippen LogP contribution in [0.3, 0.4) is 0 Å². The molecular weight excluding hydrogens is 437 g/mol. The molecule has 1 fully saturated rings. The van der Waals surface area contributed by atoms with E-state index in [0.717, 1.165) is 23.3 Å². The Morgan fingerprint density at radius 3 is 2.42 bits per heavy atom. The van der Waals surface area contributed by atoms with Gasteiger partial charge in [0, 0.05) is 0 Å². The van der Waals surface area contributed by atoms with Crippen molar-refractivity contribution in [2.24, 2.45) is 0 Å². The lowest BCUT2D eigenvalue weighted by atomic mass is 9.91. The molecule has 8 heteroatoms. The number of aryl methyl sites for hydroxylation is 1. The topological polar surface area (TPSA) is 78.5 Å². The van der Waals surface area contributed by atoms with E-state index in [9.17, 15) is 14.4 Å². The molecule has 0 radical (unpaired) electrons.